The molecule has 0 spiro atoms. The topological polar surface area (TPSA) is 42.0 Å². The van der Waals surface area contributed by atoms with Gasteiger partial charge in [0.2, 0.25) is 0 Å². The predicted molar refractivity (Wildman–Crippen MR) is 110 cm³/mol. The van der Waals surface area contributed by atoms with Gasteiger partial charge in [0.25, 0.3) is 0 Å². The van der Waals surface area contributed by atoms with Crippen LogP contribution < -0.4 is 0 Å². The van der Waals surface area contributed by atoms with Gasteiger partial charge in [0, 0.05) is 38.8 Å². The minimum absolute atomic E-state index is 0.164. The second-order valence-electron chi connectivity index (χ2n) is 9.45. The summed E-state index contributed by atoms with van der Waals surface area (Å²) in [6.45, 7) is 14.5. The van der Waals surface area contributed by atoms with Gasteiger partial charge >= 0.3 is 6.09 Å². The van der Waals surface area contributed by atoms with Crippen LogP contribution in [-0.4, -0.2) is 66.4 Å². The zero-order chi connectivity index (χ0) is 19.9. The summed E-state index contributed by atoms with van der Waals surface area (Å²) in [5.74, 6) is 0.796. The number of likely N-dealkylation sites (tertiary alicyclic amines) is 1. The molecule has 0 bridgehead atoms. The molecule has 1 aliphatic carbocycles. The van der Waals surface area contributed by atoms with Crippen molar-refractivity contribution in [1.82, 2.24) is 9.80 Å². The average Bonchev–Trinajstić information content (AvgIpc) is 2.61. The molecule has 1 unspecified atom stereocenters. The molecule has 0 aromatic carbocycles. The van der Waals surface area contributed by atoms with Crippen LogP contribution in [-0.2, 0) is 9.47 Å². The van der Waals surface area contributed by atoms with Crippen LogP contribution in [0, 0.1) is 5.92 Å². The number of ether oxygens (including phenoxy) is 2. The van der Waals surface area contributed by atoms with Crippen molar-refractivity contribution in [2.24, 2.45) is 5.92 Å². The molecular formula is C22H42N2O3. The van der Waals surface area contributed by atoms with Crippen molar-refractivity contribution in [2.45, 2.75) is 97.3 Å². The largest absolute Gasteiger partial charge is 0.444 e. The predicted octanol–water partition coefficient (Wildman–Crippen LogP) is 4.69. The van der Waals surface area contributed by atoms with Crippen LogP contribution in [0.2, 0.25) is 0 Å². The summed E-state index contributed by atoms with van der Waals surface area (Å²) in [5.41, 5.74) is -0.435. The van der Waals surface area contributed by atoms with Crippen LogP contribution in [0.1, 0.15) is 79.6 Å². The number of hydrogen-bond acceptors (Lipinski definition) is 4. The highest BCUT2D eigenvalue weighted by atomic mass is 16.6. The smallest absolute Gasteiger partial charge is 0.410 e. The van der Waals surface area contributed by atoms with Gasteiger partial charge in [-0.1, -0.05) is 19.3 Å². The van der Waals surface area contributed by atoms with Crippen LogP contribution >= 0.6 is 0 Å². The second-order valence-corrected chi connectivity index (χ2v) is 9.45. The van der Waals surface area contributed by atoms with Gasteiger partial charge in [0.1, 0.15) is 5.60 Å². The van der Waals surface area contributed by atoms with E-state index in [4.69, 9.17) is 9.47 Å². The monoisotopic (exact) mass is 382 g/mol. The lowest BCUT2D eigenvalue weighted by Gasteiger charge is -2.42. The molecule has 0 N–H and O–H groups in total. The van der Waals surface area contributed by atoms with Crippen molar-refractivity contribution in [3.05, 3.63) is 0 Å². The van der Waals surface area contributed by atoms with E-state index < -0.39 is 5.60 Å². The molecular weight excluding hydrogens is 340 g/mol. The first-order valence-corrected chi connectivity index (χ1v) is 11.1. The van der Waals surface area contributed by atoms with E-state index in [0.29, 0.717) is 6.04 Å². The maximum absolute atomic E-state index is 12.6. The van der Waals surface area contributed by atoms with Crippen molar-refractivity contribution < 1.29 is 14.3 Å². The van der Waals surface area contributed by atoms with E-state index in [0.717, 1.165) is 51.5 Å². The summed E-state index contributed by atoms with van der Waals surface area (Å²) < 4.78 is 11.5. The molecule has 5 heteroatoms. The molecule has 0 aromatic heterocycles. The Hall–Kier alpha value is -0.810. The van der Waals surface area contributed by atoms with Gasteiger partial charge in [0.15, 0.2) is 0 Å². The summed E-state index contributed by atoms with van der Waals surface area (Å²) in [6, 6.07) is 0.413. The Labute approximate surface area is 166 Å². The number of rotatable bonds is 7. The highest BCUT2D eigenvalue weighted by molar-refractivity contribution is 5.68. The van der Waals surface area contributed by atoms with E-state index in [9.17, 15) is 4.79 Å². The van der Waals surface area contributed by atoms with Gasteiger partial charge in [-0.3, -0.25) is 4.90 Å². The second kappa shape index (κ2) is 10.7. The van der Waals surface area contributed by atoms with E-state index in [-0.39, 0.29) is 12.2 Å². The van der Waals surface area contributed by atoms with E-state index in [1.807, 2.05) is 25.7 Å². The third-order valence-corrected chi connectivity index (χ3v) is 5.72. The fraction of sp³-hybridized carbons (Fsp3) is 0.955. The lowest BCUT2D eigenvalue weighted by atomic mass is 9.88. The van der Waals surface area contributed by atoms with Gasteiger partial charge < -0.3 is 14.4 Å². The fourth-order valence-electron chi connectivity index (χ4n) is 4.49. The Morgan fingerprint density at radius 1 is 1.15 bits per heavy atom. The van der Waals surface area contributed by atoms with E-state index in [1.54, 1.807) is 0 Å². The van der Waals surface area contributed by atoms with E-state index in [2.05, 4.69) is 18.7 Å². The van der Waals surface area contributed by atoms with Crippen molar-refractivity contribution in [3.8, 4) is 0 Å². The highest BCUT2D eigenvalue weighted by Gasteiger charge is 2.32. The molecule has 27 heavy (non-hydrogen) atoms. The van der Waals surface area contributed by atoms with E-state index in [1.165, 1.54) is 32.1 Å². The minimum Gasteiger partial charge on any atom is -0.444 e. The van der Waals surface area contributed by atoms with Crippen LogP contribution in [0.15, 0.2) is 0 Å². The number of amides is 1. The molecule has 5 nitrogen and oxygen atoms in total. The highest BCUT2D eigenvalue weighted by Crippen LogP contribution is 2.27. The maximum Gasteiger partial charge on any atom is 0.410 e. The molecule has 1 heterocycles. The van der Waals surface area contributed by atoms with Crippen LogP contribution in [0.3, 0.4) is 0 Å². The molecule has 1 aliphatic heterocycles. The average molecular weight is 383 g/mol. The normalized spacial score (nSPS) is 23.5. The quantitative estimate of drug-likeness (QED) is 0.640. The lowest BCUT2D eigenvalue weighted by Crippen LogP contribution is -2.53. The molecule has 158 valence electrons. The van der Waals surface area contributed by atoms with Crippen LogP contribution in [0.25, 0.3) is 0 Å². The Bertz CT molecular complexity index is 443. The molecule has 2 fully saturated rings. The molecule has 0 aromatic rings. The first kappa shape index (κ1) is 22.5. The summed E-state index contributed by atoms with van der Waals surface area (Å²) in [5, 5.41) is 0. The first-order chi connectivity index (χ1) is 12.8. The molecule has 2 atom stereocenters. The lowest BCUT2D eigenvalue weighted by molar-refractivity contribution is -0.00635. The SMILES string of the molecule is CCOC(C)CN(CC1CCCCC1)[C@H]1CCCN(C(=O)OC(C)(C)C)C1. The first-order valence-electron chi connectivity index (χ1n) is 11.1. The number of piperidine rings is 1. The summed E-state index contributed by atoms with van der Waals surface area (Å²) in [7, 11) is 0. The maximum atomic E-state index is 12.6. The van der Waals surface area contributed by atoms with Crippen molar-refractivity contribution in [3.63, 3.8) is 0 Å². The molecule has 2 rings (SSSR count). The Morgan fingerprint density at radius 3 is 2.48 bits per heavy atom. The molecule has 0 radical (unpaired) electrons. The third-order valence-electron chi connectivity index (χ3n) is 5.72. The molecule has 1 saturated carbocycles. The Kier molecular flexibility index (Phi) is 8.87. The Morgan fingerprint density at radius 2 is 1.85 bits per heavy atom. The third kappa shape index (κ3) is 7.98. The number of hydrogen-bond donors (Lipinski definition) is 0. The van der Waals surface area contributed by atoms with Crippen molar-refractivity contribution in [2.75, 3.05) is 32.8 Å². The zero-order valence-corrected chi connectivity index (χ0v) is 18.3. The summed E-state index contributed by atoms with van der Waals surface area (Å²) in [6.07, 6.45) is 9.10. The fourth-order valence-corrected chi connectivity index (χ4v) is 4.49. The van der Waals surface area contributed by atoms with Gasteiger partial charge in [-0.15, -0.1) is 0 Å². The zero-order valence-electron chi connectivity index (χ0n) is 18.3. The van der Waals surface area contributed by atoms with Crippen LogP contribution in [0.5, 0.6) is 0 Å². The van der Waals surface area contributed by atoms with Gasteiger partial charge in [-0.05, 0) is 66.2 Å². The minimum atomic E-state index is -0.435. The van der Waals surface area contributed by atoms with E-state index >= 15 is 0 Å². The summed E-state index contributed by atoms with van der Waals surface area (Å²) in [4.78, 5) is 17.1. The summed E-state index contributed by atoms with van der Waals surface area (Å²) >= 11 is 0. The van der Waals surface area contributed by atoms with Gasteiger partial charge in [0.05, 0.1) is 6.10 Å². The van der Waals surface area contributed by atoms with Crippen LogP contribution in [0.4, 0.5) is 4.79 Å². The molecule has 2 aliphatic rings. The van der Waals surface area contributed by atoms with Gasteiger partial charge in [-0.2, -0.15) is 0 Å². The number of nitrogens with zero attached hydrogens (tertiary/aromatic N) is 2. The van der Waals surface area contributed by atoms with Gasteiger partial charge in [-0.25, -0.2) is 4.79 Å². The van der Waals surface area contributed by atoms with Crippen molar-refractivity contribution in [1.29, 1.82) is 0 Å². The molecule has 1 amide bonds. The Balaban J connectivity index is 1.99. The molecule has 1 saturated heterocycles. The standard InChI is InChI=1S/C22H42N2O3/c1-6-26-18(2)15-24(16-19-11-8-7-9-12-19)20-13-10-14-23(17-20)21(25)27-22(3,4)5/h18-20H,6-17H2,1-5H3/t18?,20-/m0/s1. The number of carbonyl (C=O) groups is 1. The van der Waals surface area contributed by atoms with Crippen molar-refractivity contribution >= 4 is 6.09 Å². The number of carbonyl (C=O) groups excluding carboxylic acids is 1.